The summed E-state index contributed by atoms with van der Waals surface area (Å²) in [4.78, 5) is 18.0. The Balaban J connectivity index is 1.46. The van der Waals surface area contributed by atoms with Crippen molar-refractivity contribution in [2.75, 3.05) is 43.9 Å². The first kappa shape index (κ1) is 19.6. The van der Waals surface area contributed by atoms with Crippen LogP contribution >= 0.6 is 11.8 Å². The smallest absolute Gasteiger partial charge is 0.233 e. The molecule has 2 aromatic rings. The van der Waals surface area contributed by atoms with E-state index in [9.17, 15) is 4.79 Å². The van der Waals surface area contributed by atoms with Gasteiger partial charge in [-0.1, -0.05) is 26.0 Å². The van der Waals surface area contributed by atoms with Crippen molar-refractivity contribution < 1.29 is 9.53 Å². The molecule has 0 radical (unpaired) electrons. The standard InChI is InChI=1S/C22H28N2O2S/c1-17(2)18-4-10-21(11-5-18)27-16-22(25)24-14-12-23(13-15-24)19-6-8-20(26-3)9-7-19/h4-11,17H,12-16H2,1-3H3. The minimum Gasteiger partial charge on any atom is -0.497 e. The van der Waals surface area contributed by atoms with Gasteiger partial charge in [0, 0.05) is 36.8 Å². The summed E-state index contributed by atoms with van der Waals surface area (Å²) < 4.78 is 5.21. The van der Waals surface area contributed by atoms with Crippen LogP contribution in [0.25, 0.3) is 0 Å². The highest BCUT2D eigenvalue weighted by Crippen LogP contribution is 2.23. The Morgan fingerprint density at radius 1 is 1.00 bits per heavy atom. The molecule has 1 heterocycles. The lowest BCUT2D eigenvalue weighted by atomic mass is 10.0. The second-order valence-corrected chi connectivity index (χ2v) is 8.13. The van der Waals surface area contributed by atoms with Crippen molar-refractivity contribution in [2.45, 2.75) is 24.7 Å². The molecule has 144 valence electrons. The molecule has 0 N–H and O–H groups in total. The summed E-state index contributed by atoms with van der Waals surface area (Å²) in [6, 6.07) is 16.7. The summed E-state index contributed by atoms with van der Waals surface area (Å²) in [5, 5.41) is 0. The van der Waals surface area contributed by atoms with Crippen molar-refractivity contribution >= 4 is 23.4 Å². The molecule has 2 aromatic carbocycles. The van der Waals surface area contributed by atoms with Gasteiger partial charge in [0.15, 0.2) is 0 Å². The SMILES string of the molecule is COc1ccc(N2CCN(C(=O)CSc3ccc(C(C)C)cc3)CC2)cc1. The number of hydrogen-bond acceptors (Lipinski definition) is 4. The van der Waals surface area contributed by atoms with Crippen LogP contribution in [0.5, 0.6) is 5.75 Å². The van der Waals surface area contributed by atoms with E-state index in [0.717, 1.165) is 36.8 Å². The average molecular weight is 385 g/mol. The summed E-state index contributed by atoms with van der Waals surface area (Å²) in [6.45, 7) is 7.67. The van der Waals surface area contributed by atoms with Crippen LogP contribution < -0.4 is 9.64 Å². The second kappa shape index (κ2) is 9.18. The Bertz CT molecular complexity index is 736. The number of amides is 1. The lowest BCUT2D eigenvalue weighted by Crippen LogP contribution is -2.49. The normalized spacial score (nSPS) is 14.5. The fourth-order valence-corrected chi connectivity index (χ4v) is 3.99. The third-order valence-electron chi connectivity index (χ3n) is 4.98. The maximum absolute atomic E-state index is 12.5. The van der Waals surface area contributed by atoms with Gasteiger partial charge >= 0.3 is 0 Å². The van der Waals surface area contributed by atoms with E-state index < -0.39 is 0 Å². The van der Waals surface area contributed by atoms with E-state index in [-0.39, 0.29) is 5.91 Å². The predicted molar refractivity (Wildman–Crippen MR) is 113 cm³/mol. The van der Waals surface area contributed by atoms with Crippen LogP contribution in [0, 0.1) is 0 Å². The van der Waals surface area contributed by atoms with E-state index >= 15 is 0 Å². The Kier molecular flexibility index (Phi) is 6.67. The number of carbonyl (C=O) groups is 1. The zero-order chi connectivity index (χ0) is 19.2. The van der Waals surface area contributed by atoms with Gasteiger partial charge in [0.25, 0.3) is 0 Å². The Hall–Kier alpha value is -2.14. The molecular weight excluding hydrogens is 356 g/mol. The van der Waals surface area contributed by atoms with Gasteiger partial charge in [0.2, 0.25) is 5.91 Å². The lowest BCUT2D eigenvalue weighted by Gasteiger charge is -2.36. The average Bonchev–Trinajstić information content (AvgIpc) is 2.72. The Labute approximate surface area is 166 Å². The number of ether oxygens (including phenoxy) is 1. The number of rotatable bonds is 6. The topological polar surface area (TPSA) is 32.8 Å². The number of methoxy groups -OCH3 is 1. The van der Waals surface area contributed by atoms with Gasteiger partial charge in [-0.15, -0.1) is 11.8 Å². The molecule has 1 fully saturated rings. The van der Waals surface area contributed by atoms with Crippen molar-refractivity contribution in [2.24, 2.45) is 0 Å². The monoisotopic (exact) mass is 384 g/mol. The molecule has 4 nitrogen and oxygen atoms in total. The summed E-state index contributed by atoms with van der Waals surface area (Å²) >= 11 is 1.63. The van der Waals surface area contributed by atoms with Crippen LogP contribution in [0.2, 0.25) is 0 Å². The zero-order valence-corrected chi connectivity index (χ0v) is 17.2. The zero-order valence-electron chi connectivity index (χ0n) is 16.4. The van der Waals surface area contributed by atoms with E-state index in [2.05, 4.69) is 55.1 Å². The third kappa shape index (κ3) is 5.19. The molecule has 1 aliphatic rings. The van der Waals surface area contributed by atoms with E-state index in [1.54, 1.807) is 18.9 Å². The number of thioether (sulfide) groups is 1. The van der Waals surface area contributed by atoms with Crippen LogP contribution in [0.4, 0.5) is 5.69 Å². The molecule has 1 aliphatic heterocycles. The van der Waals surface area contributed by atoms with E-state index in [1.807, 2.05) is 17.0 Å². The molecule has 5 heteroatoms. The fourth-order valence-electron chi connectivity index (χ4n) is 3.19. The first-order valence-electron chi connectivity index (χ1n) is 9.46. The molecule has 0 aliphatic carbocycles. The van der Waals surface area contributed by atoms with Crippen LogP contribution in [-0.2, 0) is 4.79 Å². The Morgan fingerprint density at radius 2 is 1.63 bits per heavy atom. The largest absolute Gasteiger partial charge is 0.497 e. The molecule has 1 amide bonds. The predicted octanol–water partition coefficient (Wildman–Crippen LogP) is 4.26. The quantitative estimate of drug-likeness (QED) is 0.697. The molecule has 0 aromatic heterocycles. The van der Waals surface area contributed by atoms with Crippen LogP contribution in [0.15, 0.2) is 53.4 Å². The van der Waals surface area contributed by atoms with E-state index in [1.165, 1.54) is 11.3 Å². The molecule has 0 saturated carbocycles. The molecule has 0 atom stereocenters. The summed E-state index contributed by atoms with van der Waals surface area (Å²) in [7, 11) is 1.68. The van der Waals surface area contributed by atoms with Gasteiger partial charge in [0.05, 0.1) is 12.9 Å². The number of hydrogen-bond donors (Lipinski definition) is 0. The van der Waals surface area contributed by atoms with Crippen molar-refractivity contribution in [1.82, 2.24) is 4.90 Å². The number of piperazine rings is 1. The van der Waals surface area contributed by atoms with Gasteiger partial charge in [-0.3, -0.25) is 4.79 Å². The highest BCUT2D eigenvalue weighted by atomic mass is 32.2. The van der Waals surface area contributed by atoms with Crippen molar-refractivity contribution in [1.29, 1.82) is 0 Å². The van der Waals surface area contributed by atoms with E-state index in [4.69, 9.17) is 4.74 Å². The summed E-state index contributed by atoms with van der Waals surface area (Å²) in [5.41, 5.74) is 2.52. The number of carbonyl (C=O) groups excluding carboxylic acids is 1. The number of anilines is 1. The maximum Gasteiger partial charge on any atom is 0.233 e. The second-order valence-electron chi connectivity index (χ2n) is 7.08. The van der Waals surface area contributed by atoms with Crippen molar-refractivity contribution in [3.63, 3.8) is 0 Å². The summed E-state index contributed by atoms with van der Waals surface area (Å²) in [5.74, 6) is 2.13. The van der Waals surface area contributed by atoms with Crippen LogP contribution in [-0.4, -0.2) is 49.8 Å². The van der Waals surface area contributed by atoms with E-state index in [0.29, 0.717) is 11.7 Å². The molecule has 0 unspecified atom stereocenters. The fraction of sp³-hybridized carbons (Fsp3) is 0.409. The van der Waals surface area contributed by atoms with Gasteiger partial charge < -0.3 is 14.5 Å². The molecule has 0 spiro atoms. The minimum atomic E-state index is 0.224. The highest BCUT2D eigenvalue weighted by Gasteiger charge is 2.21. The van der Waals surface area contributed by atoms with Crippen molar-refractivity contribution in [3.8, 4) is 5.75 Å². The lowest BCUT2D eigenvalue weighted by molar-refractivity contribution is -0.128. The molecular formula is C22H28N2O2S. The van der Waals surface area contributed by atoms with Crippen molar-refractivity contribution in [3.05, 3.63) is 54.1 Å². The summed E-state index contributed by atoms with van der Waals surface area (Å²) in [6.07, 6.45) is 0. The van der Waals surface area contributed by atoms with Gasteiger partial charge in [-0.25, -0.2) is 0 Å². The van der Waals surface area contributed by atoms with Crippen LogP contribution in [0.1, 0.15) is 25.3 Å². The van der Waals surface area contributed by atoms with Crippen LogP contribution in [0.3, 0.4) is 0 Å². The third-order valence-corrected chi connectivity index (χ3v) is 5.98. The molecule has 3 rings (SSSR count). The van der Waals surface area contributed by atoms with Gasteiger partial charge in [0.1, 0.15) is 5.75 Å². The van der Waals surface area contributed by atoms with Gasteiger partial charge in [-0.05, 0) is 47.9 Å². The first-order chi connectivity index (χ1) is 13.1. The first-order valence-corrected chi connectivity index (χ1v) is 10.4. The maximum atomic E-state index is 12.5. The number of nitrogens with zero attached hydrogens (tertiary/aromatic N) is 2. The minimum absolute atomic E-state index is 0.224. The molecule has 27 heavy (non-hydrogen) atoms. The van der Waals surface area contributed by atoms with Gasteiger partial charge in [-0.2, -0.15) is 0 Å². The number of benzene rings is 2. The Morgan fingerprint density at radius 3 is 2.19 bits per heavy atom. The molecule has 1 saturated heterocycles. The molecule has 0 bridgehead atoms. The highest BCUT2D eigenvalue weighted by molar-refractivity contribution is 8.00.